The molecule has 0 bridgehead atoms. The SMILES string of the molecule is CC(N[C@@H](C)c1cccs1)c1cccc(Br)c1. The minimum atomic E-state index is 0.351. The first-order valence-corrected chi connectivity index (χ1v) is 7.39. The molecule has 1 N–H and O–H groups in total. The molecule has 1 nitrogen and oxygen atoms in total. The average molecular weight is 310 g/mol. The fraction of sp³-hybridized carbons (Fsp3) is 0.286. The van der Waals surface area contributed by atoms with Crippen molar-refractivity contribution in [2.24, 2.45) is 0 Å². The summed E-state index contributed by atoms with van der Waals surface area (Å²) in [5, 5.41) is 5.74. The van der Waals surface area contributed by atoms with Crippen LogP contribution < -0.4 is 5.32 Å². The molecule has 0 radical (unpaired) electrons. The Morgan fingerprint density at radius 2 is 1.94 bits per heavy atom. The predicted molar refractivity (Wildman–Crippen MR) is 78.4 cm³/mol. The van der Waals surface area contributed by atoms with Crippen LogP contribution in [0.1, 0.15) is 36.4 Å². The van der Waals surface area contributed by atoms with Gasteiger partial charge in [-0.25, -0.2) is 0 Å². The van der Waals surface area contributed by atoms with Crippen molar-refractivity contribution in [3.05, 3.63) is 56.7 Å². The highest BCUT2D eigenvalue weighted by molar-refractivity contribution is 9.10. The highest BCUT2D eigenvalue weighted by Crippen LogP contribution is 2.23. The normalized spacial score (nSPS) is 14.5. The van der Waals surface area contributed by atoms with Crippen LogP contribution in [-0.2, 0) is 0 Å². The summed E-state index contributed by atoms with van der Waals surface area (Å²) in [6.45, 7) is 4.41. The minimum Gasteiger partial charge on any atom is -0.303 e. The number of rotatable bonds is 4. The summed E-state index contributed by atoms with van der Waals surface area (Å²) in [6.07, 6.45) is 0. The van der Waals surface area contributed by atoms with Gasteiger partial charge in [-0.3, -0.25) is 0 Å². The van der Waals surface area contributed by atoms with E-state index in [-0.39, 0.29) is 0 Å². The van der Waals surface area contributed by atoms with Gasteiger partial charge in [-0.05, 0) is 43.0 Å². The molecule has 0 aliphatic heterocycles. The maximum Gasteiger partial charge on any atom is 0.0391 e. The molecule has 0 fully saturated rings. The Morgan fingerprint density at radius 3 is 2.59 bits per heavy atom. The summed E-state index contributed by atoms with van der Waals surface area (Å²) in [5.74, 6) is 0. The standard InChI is InChI=1S/C14H16BrNS/c1-10(12-5-3-6-13(15)9-12)16-11(2)14-7-4-8-17-14/h3-11,16H,1-2H3/t10?,11-/m0/s1. The summed E-state index contributed by atoms with van der Waals surface area (Å²) >= 11 is 5.31. The molecular formula is C14H16BrNS. The summed E-state index contributed by atoms with van der Waals surface area (Å²) < 4.78 is 1.13. The molecule has 3 heteroatoms. The first-order chi connectivity index (χ1) is 8.16. The van der Waals surface area contributed by atoms with Crippen LogP contribution >= 0.6 is 27.3 Å². The van der Waals surface area contributed by atoms with E-state index in [4.69, 9.17) is 0 Å². The van der Waals surface area contributed by atoms with E-state index in [1.807, 2.05) is 0 Å². The average Bonchev–Trinajstić information content (AvgIpc) is 2.82. The molecule has 0 spiro atoms. The zero-order valence-corrected chi connectivity index (χ0v) is 12.4. The van der Waals surface area contributed by atoms with Crippen molar-refractivity contribution in [3.63, 3.8) is 0 Å². The van der Waals surface area contributed by atoms with E-state index in [1.54, 1.807) is 11.3 Å². The monoisotopic (exact) mass is 309 g/mol. The van der Waals surface area contributed by atoms with Crippen molar-refractivity contribution in [1.82, 2.24) is 5.32 Å². The molecule has 1 unspecified atom stereocenters. The van der Waals surface area contributed by atoms with Crippen molar-refractivity contribution in [3.8, 4) is 0 Å². The molecule has 17 heavy (non-hydrogen) atoms. The number of hydrogen-bond donors (Lipinski definition) is 1. The van der Waals surface area contributed by atoms with Gasteiger partial charge in [0.15, 0.2) is 0 Å². The summed E-state index contributed by atoms with van der Waals surface area (Å²) in [5.41, 5.74) is 1.31. The lowest BCUT2D eigenvalue weighted by Gasteiger charge is -2.19. The first kappa shape index (κ1) is 12.8. The van der Waals surface area contributed by atoms with Gasteiger partial charge in [0.1, 0.15) is 0 Å². The van der Waals surface area contributed by atoms with E-state index in [9.17, 15) is 0 Å². The van der Waals surface area contributed by atoms with Crippen LogP contribution in [0.5, 0.6) is 0 Å². The number of benzene rings is 1. The van der Waals surface area contributed by atoms with Crippen molar-refractivity contribution in [2.45, 2.75) is 25.9 Å². The zero-order valence-electron chi connectivity index (χ0n) is 9.98. The van der Waals surface area contributed by atoms with Crippen LogP contribution in [0.25, 0.3) is 0 Å². The van der Waals surface area contributed by atoms with Gasteiger partial charge in [-0.15, -0.1) is 11.3 Å². The van der Waals surface area contributed by atoms with Crippen LogP contribution in [0.3, 0.4) is 0 Å². The van der Waals surface area contributed by atoms with E-state index in [2.05, 4.69) is 76.9 Å². The Morgan fingerprint density at radius 1 is 1.12 bits per heavy atom. The van der Waals surface area contributed by atoms with E-state index in [0.717, 1.165) is 4.47 Å². The molecule has 0 amide bonds. The van der Waals surface area contributed by atoms with Crippen LogP contribution in [0.15, 0.2) is 46.3 Å². The van der Waals surface area contributed by atoms with E-state index >= 15 is 0 Å². The maximum absolute atomic E-state index is 3.62. The lowest BCUT2D eigenvalue weighted by molar-refractivity contribution is 0.500. The number of halogens is 1. The van der Waals surface area contributed by atoms with Crippen molar-refractivity contribution < 1.29 is 0 Å². The Kier molecular flexibility index (Phi) is 4.37. The Labute approximate surface area is 115 Å². The number of nitrogens with one attached hydrogen (secondary N) is 1. The van der Waals surface area contributed by atoms with Gasteiger partial charge in [0.05, 0.1) is 0 Å². The molecule has 1 aromatic heterocycles. The Balaban J connectivity index is 2.04. The molecule has 2 aromatic rings. The van der Waals surface area contributed by atoms with Gasteiger partial charge >= 0.3 is 0 Å². The van der Waals surface area contributed by atoms with E-state index in [1.165, 1.54) is 10.4 Å². The van der Waals surface area contributed by atoms with E-state index in [0.29, 0.717) is 12.1 Å². The summed E-state index contributed by atoms with van der Waals surface area (Å²) in [7, 11) is 0. The second-order valence-corrected chi connectivity index (χ2v) is 6.08. The summed E-state index contributed by atoms with van der Waals surface area (Å²) in [4.78, 5) is 1.38. The van der Waals surface area contributed by atoms with Gasteiger partial charge in [-0.1, -0.05) is 34.1 Å². The highest BCUT2D eigenvalue weighted by atomic mass is 79.9. The minimum absolute atomic E-state index is 0.351. The van der Waals surface area contributed by atoms with Crippen LogP contribution in [-0.4, -0.2) is 0 Å². The molecular weight excluding hydrogens is 294 g/mol. The third kappa shape index (κ3) is 3.41. The third-order valence-electron chi connectivity index (χ3n) is 2.82. The molecule has 1 aromatic carbocycles. The van der Waals surface area contributed by atoms with Gasteiger partial charge in [0.2, 0.25) is 0 Å². The summed E-state index contributed by atoms with van der Waals surface area (Å²) in [6, 6.07) is 13.5. The third-order valence-corrected chi connectivity index (χ3v) is 4.37. The zero-order chi connectivity index (χ0) is 12.3. The van der Waals surface area contributed by atoms with Gasteiger partial charge in [0.25, 0.3) is 0 Å². The maximum atomic E-state index is 3.62. The molecule has 2 atom stereocenters. The highest BCUT2D eigenvalue weighted by Gasteiger charge is 2.11. The lowest BCUT2D eigenvalue weighted by Crippen LogP contribution is -2.21. The van der Waals surface area contributed by atoms with Crippen molar-refractivity contribution in [2.75, 3.05) is 0 Å². The molecule has 0 aliphatic carbocycles. The van der Waals surface area contributed by atoms with Crippen molar-refractivity contribution in [1.29, 1.82) is 0 Å². The second-order valence-electron chi connectivity index (χ2n) is 4.18. The second kappa shape index (κ2) is 5.80. The topological polar surface area (TPSA) is 12.0 Å². The Hall–Kier alpha value is -0.640. The number of hydrogen-bond acceptors (Lipinski definition) is 2. The smallest absolute Gasteiger partial charge is 0.0391 e. The Bertz CT molecular complexity index is 467. The van der Waals surface area contributed by atoms with Gasteiger partial charge in [0, 0.05) is 21.4 Å². The lowest BCUT2D eigenvalue weighted by atomic mass is 10.1. The number of thiophene rings is 1. The molecule has 0 aliphatic rings. The fourth-order valence-electron chi connectivity index (χ4n) is 1.87. The first-order valence-electron chi connectivity index (χ1n) is 5.71. The van der Waals surface area contributed by atoms with Crippen molar-refractivity contribution >= 4 is 27.3 Å². The molecule has 1 heterocycles. The quantitative estimate of drug-likeness (QED) is 0.845. The predicted octanol–water partition coefficient (Wildman–Crippen LogP) is 4.92. The van der Waals surface area contributed by atoms with Gasteiger partial charge < -0.3 is 5.32 Å². The molecule has 2 rings (SSSR count). The fourth-order valence-corrected chi connectivity index (χ4v) is 3.03. The van der Waals surface area contributed by atoms with Crippen LogP contribution in [0.4, 0.5) is 0 Å². The van der Waals surface area contributed by atoms with Crippen LogP contribution in [0.2, 0.25) is 0 Å². The molecule has 90 valence electrons. The van der Waals surface area contributed by atoms with E-state index < -0.39 is 0 Å². The molecule has 0 saturated carbocycles. The van der Waals surface area contributed by atoms with Crippen LogP contribution in [0, 0.1) is 0 Å². The van der Waals surface area contributed by atoms with Gasteiger partial charge in [-0.2, -0.15) is 0 Å². The largest absolute Gasteiger partial charge is 0.303 e. The molecule has 0 saturated heterocycles.